The van der Waals surface area contributed by atoms with Crippen molar-refractivity contribution in [3.05, 3.63) is 0 Å². The minimum absolute atomic E-state index is 0.00902. The molecule has 12 heteroatoms. The van der Waals surface area contributed by atoms with Gasteiger partial charge in [0.2, 0.25) is 27.7 Å². The van der Waals surface area contributed by atoms with Crippen molar-refractivity contribution in [1.29, 1.82) is 5.26 Å². The molecule has 0 aromatic rings. The number of piperidine rings is 1. The van der Waals surface area contributed by atoms with Gasteiger partial charge in [0.15, 0.2) is 0 Å². The van der Waals surface area contributed by atoms with Gasteiger partial charge in [0.25, 0.3) is 0 Å². The van der Waals surface area contributed by atoms with Crippen molar-refractivity contribution in [2.75, 3.05) is 18.8 Å². The van der Waals surface area contributed by atoms with E-state index in [1.807, 2.05) is 13.8 Å². The van der Waals surface area contributed by atoms with Crippen LogP contribution in [0.25, 0.3) is 0 Å². The zero-order valence-electron chi connectivity index (χ0n) is 25.4. The molecule has 232 valence electrons. The molecule has 6 atom stereocenters. The number of likely N-dealkylation sites (tertiary alicyclic amines) is 1. The lowest BCUT2D eigenvalue weighted by molar-refractivity contribution is -0.143. The van der Waals surface area contributed by atoms with Gasteiger partial charge in [-0.15, -0.1) is 0 Å². The second kappa shape index (κ2) is 10.6. The van der Waals surface area contributed by atoms with Crippen LogP contribution in [0.15, 0.2) is 0 Å². The molecule has 6 aliphatic rings. The number of sulfonamides is 1. The van der Waals surface area contributed by atoms with Crippen LogP contribution in [0.4, 0.5) is 0 Å². The Hall–Kier alpha value is -2.52. The van der Waals surface area contributed by atoms with E-state index in [1.54, 1.807) is 20.8 Å². The van der Waals surface area contributed by atoms with Crippen molar-refractivity contribution in [2.45, 2.75) is 97.7 Å². The van der Waals surface area contributed by atoms with Gasteiger partial charge in [0, 0.05) is 30.8 Å². The summed E-state index contributed by atoms with van der Waals surface area (Å²) in [7, 11) is -4.02. The van der Waals surface area contributed by atoms with E-state index in [4.69, 9.17) is 0 Å². The van der Waals surface area contributed by atoms with E-state index in [9.17, 15) is 32.9 Å². The van der Waals surface area contributed by atoms with E-state index in [0.717, 1.165) is 12.8 Å². The summed E-state index contributed by atoms with van der Waals surface area (Å²) in [6.45, 7) is 10.3. The molecule has 0 aromatic carbocycles. The molecule has 2 aliphatic heterocycles. The monoisotopic (exact) mass is 603 g/mol. The minimum Gasteiger partial charge on any atom is -0.356 e. The quantitative estimate of drug-likeness (QED) is 0.359. The van der Waals surface area contributed by atoms with Crippen molar-refractivity contribution in [1.82, 2.24) is 20.3 Å². The fraction of sp³-hybridized carbons (Fsp3) is 0.833. The number of carbonyl (C=O) groups is 4. The zero-order valence-corrected chi connectivity index (χ0v) is 26.2. The summed E-state index contributed by atoms with van der Waals surface area (Å²) < 4.78 is 29.8. The fourth-order valence-corrected chi connectivity index (χ4v) is 10.2. The number of carbonyl (C=O) groups excluding carboxylic acids is 4. The first-order valence-electron chi connectivity index (χ1n) is 15.3. The Morgan fingerprint density at radius 1 is 1.17 bits per heavy atom. The highest BCUT2D eigenvalue weighted by atomic mass is 32.2. The molecule has 3 amide bonds. The molecule has 42 heavy (non-hydrogen) atoms. The van der Waals surface area contributed by atoms with Crippen LogP contribution in [0, 0.1) is 51.2 Å². The largest absolute Gasteiger partial charge is 0.356 e. The first-order valence-corrected chi connectivity index (χ1v) is 17.0. The highest BCUT2D eigenvalue weighted by Gasteiger charge is 2.70. The van der Waals surface area contributed by atoms with E-state index in [1.165, 1.54) is 4.90 Å². The molecule has 6 fully saturated rings. The van der Waals surface area contributed by atoms with Crippen molar-refractivity contribution in [3.8, 4) is 6.07 Å². The smallest absolute Gasteiger partial charge is 0.244 e. The molecule has 3 N–H and O–H groups in total. The Morgan fingerprint density at radius 3 is 2.38 bits per heavy atom. The summed E-state index contributed by atoms with van der Waals surface area (Å²) >= 11 is 0. The number of Topliss-reactive ketones (excluding diaryl/α,β-unsaturated/α-hetero) is 1. The van der Waals surface area contributed by atoms with Crippen LogP contribution in [0.5, 0.6) is 0 Å². The van der Waals surface area contributed by atoms with Crippen LogP contribution < -0.4 is 15.4 Å². The highest BCUT2D eigenvalue weighted by Crippen LogP contribution is 2.65. The predicted octanol–water partition coefficient (Wildman–Crippen LogP) is 1.49. The number of nitriles is 1. The zero-order chi connectivity index (χ0) is 30.8. The Morgan fingerprint density at radius 2 is 1.83 bits per heavy atom. The summed E-state index contributed by atoms with van der Waals surface area (Å²) in [6.07, 6.45) is 4.02. The molecule has 0 radical (unpaired) electrons. The van der Waals surface area contributed by atoms with Crippen molar-refractivity contribution in [2.24, 2.45) is 39.9 Å². The Bertz CT molecular complexity index is 1310. The van der Waals surface area contributed by atoms with E-state index < -0.39 is 50.8 Å². The number of hydrogen-bond donors (Lipinski definition) is 3. The predicted molar refractivity (Wildman–Crippen MR) is 154 cm³/mol. The number of ketones is 1. The van der Waals surface area contributed by atoms with Gasteiger partial charge in [-0.05, 0) is 67.1 Å². The molecule has 4 aliphatic carbocycles. The number of rotatable bonds is 9. The van der Waals surface area contributed by atoms with E-state index in [2.05, 4.69) is 21.4 Å². The number of nitrogens with one attached hydrogen (secondary N) is 3. The summed E-state index contributed by atoms with van der Waals surface area (Å²) in [4.78, 5) is 54.3. The molecule has 4 saturated carbocycles. The third-order valence-electron chi connectivity index (χ3n) is 10.9. The number of hydrogen-bond acceptors (Lipinski definition) is 7. The minimum atomic E-state index is -4.02. The van der Waals surface area contributed by atoms with Crippen molar-refractivity contribution < 1.29 is 27.6 Å². The molecule has 2 bridgehead atoms. The summed E-state index contributed by atoms with van der Waals surface area (Å²) in [5, 5.41) is 15.3. The van der Waals surface area contributed by atoms with Crippen LogP contribution in [0.3, 0.4) is 0 Å². The maximum absolute atomic E-state index is 14.2. The average Bonchev–Trinajstić information content (AvgIpc) is 3.24. The van der Waals surface area contributed by atoms with E-state index in [-0.39, 0.29) is 47.0 Å². The SMILES string of the molecule is CC(C)(C)[C@H](NS(=O)(=O)CC12CCC(CC1)CC2=O)C(=O)N1C[C@H]2[C@@H]([C@H]1C(=O)N[C@H](C#N)C[C@@H]1CCNC1=O)C2(C)C. The van der Waals surface area contributed by atoms with Crippen LogP contribution in [0.1, 0.15) is 79.6 Å². The third-order valence-corrected chi connectivity index (χ3v) is 12.4. The number of amides is 3. The normalized spacial score (nSPS) is 34.8. The van der Waals surface area contributed by atoms with Gasteiger partial charge >= 0.3 is 0 Å². The molecular formula is C30H45N5O6S. The maximum atomic E-state index is 14.2. The second-order valence-electron chi connectivity index (χ2n) is 15.1. The Balaban J connectivity index is 1.34. The lowest BCUT2D eigenvalue weighted by atomic mass is 9.61. The Labute approximate surface area is 249 Å². The van der Waals surface area contributed by atoms with Gasteiger partial charge in [0.1, 0.15) is 23.9 Å². The van der Waals surface area contributed by atoms with Crippen LogP contribution in [-0.2, 0) is 29.2 Å². The van der Waals surface area contributed by atoms with Gasteiger partial charge in [-0.3, -0.25) is 19.2 Å². The van der Waals surface area contributed by atoms with E-state index in [0.29, 0.717) is 44.7 Å². The standard InChI is InChI=1S/C30H45N5O6S/c1-28(2,3)24(34-42(40,41)16-30-9-6-17(7-10-30)12-21(30)36)27(39)35-15-20-22(29(20,4)5)23(35)26(38)33-19(14-31)13-18-8-11-32-25(18)37/h17-20,22-24,34H,6-13,15-16H2,1-5H3,(H,32,37)(H,33,38)/t17?,18-,19-,20-,22-,23-,24+,30?/m0/s1. The highest BCUT2D eigenvalue weighted by molar-refractivity contribution is 7.89. The summed E-state index contributed by atoms with van der Waals surface area (Å²) in [6, 6.07) is -0.783. The number of fused-ring (bicyclic) bond motifs is 4. The van der Waals surface area contributed by atoms with Gasteiger partial charge in [0.05, 0.1) is 11.8 Å². The molecule has 2 heterocycles. The fourth-order valence-electron chi connectivity index (χ4n) is 8.13. The van der Waals surface area contributed by atoms with Gasteiger partial charge in [-0.25, -0.2) is 13.1 Å². The molecule has 0 aromatic heterocycles. The molecule has 6 rings (SSSR count). The molecular weight excluding hydrogens is 558 g/mol. The third kappa shape index (κ3) is 5.59. The molecule has 2 saturated heterocycles. The van der Waals surface area contributed by atoms with Crippen LogP contribution >= 0.6 is 0 Å². The molecule has 0 spiro atoms. The van der Waals surface area contributed by atoms with Crippen molar-refractivity contribution >= 4 is 33.5 Å². The van der Waals surface area contributed by atoms with Gasteiger partial charge < -0.3 is 15.5 Å². The lowest BCUT2D eigenvalue weighted by Crippen LogP contribution is -2.60. The summed E-state index contributed by atoms with van der Waals surface area (Å²) in [5.41, 5.74) is -1.89. The molecule has 0 unspecified atom stereocenters. The maximum Gasteiger partial charge on any atom is 0.244 e. The molecule has 11 nitrogen and oxygen atoms in total. The second-order valence-corrected chi connectivity index (χ2v) is 16.9. The van der Waals surface area contributed by atoms with Gasteiger partial charge in [-0.1, -0.05) is 34.6 Å². The first-order chi connectivity index (χ1) is 19.5. The van der Waals surface area contributed by atoms with E-state index >= 15 is 0 Å². The van der Waals surface area contributed by atoms with Crippen LogP contribution in [-0.4, -0.2) is 73.8 Å². The Kier molecular flexibility index (Phi) is 7.79. The van der Waals surface area contributed by atoms with Crippen molar-refractivity contribution in [3.63, 3.8) is 0 Å². The summed E-state index contributed by atoms with van der Waals surface area (Å²) in [5.74, 6) is -1.43. The lowest BCUT2D eigenvalue weighted by Gasteiger charge is -2.45. The average molecular weight is 604 g/mol. The number of nitrogens with zero attached hydrogens (tertiary/aromatic N) is 2. The van der Waals surface area contributed by atoms with Gasteiger partial charge in [-0.2, -0.15) is 5.26 Å². The topological polar surface area (TPSA) is 166 Å². The van der Waals surface area contributed by atoms with Crippen LogP contribution in [0.2, 0.25) is 0 Å². The first kappa shape index (κ1) is 30.9.